The molecule has 29 heavy (non-hydrogen) atoms. The van der Waals surface area contributed by atoms with Gasteiger partial charge < -0.3 is 0 Å². The third-order valence-electron chi connectivity index (χ3n) is 6.30. The number of rotatable bonds is 5. The molecule has 1 saturated carbocycles. The maximum Gasteiger partial charge on any atom is 0.142 e. The Morgan fingerprint density at radius 1 is 0.931 bits per heavy atom. The van der Waals surface area contributed by atoms with Crippen molar-refractivity contribution >= 4 is 22.4 Å². The van der Waals surface area contributed by atoms with E-state index in [0.29, 0.717) is 35.6 Å². The van der Waals surface area contributed by atoms with Crippen molar-refractivity contribution in [3.05, 3.63) is 94.5 Å². The lowest BCUT2D eigenvalue weighted by molar-refractivity contribution is 0.376. The molecule has 0 nitrogen and oxygen atoms in total. The SMILES string of the molecule is C=CC1CCC(c2ccc3c(F)c(CCc4ccc(Cl)c(F)c4)ccc3c2)CC1. The largest absolute Gasteiger partial charge is 0.206 e. The summed E-state index contributed by atoms with van der Waals surface area (Å²) in [6.07, 6.45) is 7.87. The quantitative estimate of drug-likeness (QED) is 0.373. The molecule has 0 heterocycles. The first-order valence-electron chi connectivity index (χ1n) is 10.3. The van der Waals surface area contributed by atoms with Crippen LogP contribution in [0.5, 0.6) is 0 Å². The second kappa shape index (κ2) is 8.67. The standard InChI is InChI=1S/C26H25ClF2/c1-2-17-3-7-19(8-4-17)21-12-13-23-22(16-21)11-10-20(26(23)29)9-5-18-6-14-24(27)25(28)15-18/h2,6,10-17,19H,1,3-5,7-9H2. The van der Waals surface area contributed by atoms with Gasteiger partial charge in [-0.1, -0.05) is 54.1 Å². The Morgan fingerprint density at radius 3 is 2.45 bits per heavy atom. The fourth-order valence-corrected chi connectivity index (χ4v) is 4.58. The van der Waals surface area contributed by atoms with Gasteiger partial charge in [-0.05, 0) is 84.6 Å². The summed E-state index contributed by atoms with van der Waals surface area (Å²) in [6, 6.07) is 14.8. The number of fused-ring (bicyclic) bond motifs is 1. The summed E-state index contributed by atoms with van der Waals surface area (Å²) in [5, 5.41) is 1.72. The monoisotopic (exact) mass is 410 g/mol. The number of aryl methyl sites for hydroxylation is 2. The molecule has 0 N–H and O–H groups in total. The van der Waals surface area contributed by atoms with Crippen LogP contribution in [0.2, 0.25) is 5.02 Å². The van der Waals surface area contributed by atoms with Crippen LogP contribution in [0.25, 0.3) is 10.8 Å². The molecule has 1 fully saturated rings. The molecule has 4 rings (SSSR count). The first-order valence-corrected chi connectivity index (χ1v) is 10.7. The molecule has 1 aliphatic rings. The van der Waals surface area contributed by atoms with E-state index in [-0.39, 0.29) is 10.8 Å². The fraction of sp³-hybridized carbons (Fsp3) is 0.308. The van der Waals surface area contributed by atoms with Gasteiger partial charge in [0.15, 0.2) is 0 Å². The molecule has 3 aromatic rings. The Bertz CT molecular complexity index is 1030. The normalized spacial score (nSPS) is 19.4. The highest BCUT2D eigenvalue weighted by atomic mass is 35.5. The van der Waals surface area contributed by atoms with Crippen molar-refractivity contribution in [2.75, 3.05) is 0 Å². The smallest absolute Gasteiger partial charge is 0.142 e. The summed E-state index contributed by atoms with van der Waals surface area (Å²) >= 11 is 5.73. The van der Waals surface area contributed by atoms with E-state index in [2.05, 4.69) is 24.8 Å². The summed E-state index contributed by atoms with van der Waals surface area (Å²) in [7, 11) is 0. The minimum atomic E-state index is -0.433. The van der Waals surface area contributed by atoms with Crippen molar-refractivity contribution in [3.8, 4) is 0 Å². The van der Waals surface area contributed by atoms with Crippen LogP contribution in [0.15, 0.2) is 61.2 Å². The molecule has 0 aliphatic heterocycles. The van der Waals surface area contributed by atoms with Crippen LogP contribution in [0.3, 0.4) is 0 Å². The lowest BCUT2D eigenvalue weighted by Crippen LogP contribution is -2.11. The molecule has 3 aromatic carbocycles. The second-order valence-electron chi connectivity index (χ2n) is 8.12. The second-order valence-corrected chi connectivity index (χ2v) is 8.52. The molecule has 0 radical (unpaired) electrons. The number of hydrogen-bond donors (Lipinski definition) is 0. The molecular formula is C26H25ClF2. The molecule has 0 atom stereocenters. The number of halogens is 3. The zero-order valence-electron chi connectivity index (χ0n) is 16.4. The van der Waals surface area contributed by atoms with Gasteiger partial charge in [0.25, 0.3) is 0 Å². The lowest BCUT2D eigenvalue weighted by atomic mass is 9.78. The zero-order chi connectivity index (χ0) is 20.4. The van der Waals surface area contributed by atoms with E-state index in [1.807, 2.05) is 18.2 Å². The van der Waals surface area contributed by atoms with E-state index in [4.69, 9.17) is 11.6 Å². The van der Waals surface area contributed by atoms with Crippen molar-refractivity contribution in [3.63, 3.8) is 0 Å². The summed E-state index contributed by atoms with van der Waals surface area (Å²) in [4.78, 5) is 0. The van der Waals surface area contributed by atoms with Crippen LogP contribution >= 0.6 is 11.6 Å². The van der Waals surface area contributed by atoms with Gasteiger partial charge >= 0.3 is 0 Å². The van der Waals surface area contributed by atoms with E-state index in [1.165, 1.54) is 37.3 Å². The van der Waals surface area contributed by atoms with Gasteiger partial charge in [0, 0.05) is 5.39 Å². The molecule has 0 amide bonds. The minimum absolute atomic E-state index is 0.111. The van der Waals surface area contributed by atoms with Gasteiger partial charge in [0.05, 0.1) is 5.02 Å². The molecule has 0 aromatic heterocycles. The van der Waals surface area contributed by atoms with Gasteiger partial charge in [-0.2, -0.15) is 0 Å². The number of benzene rings is 3. The zero-order valence-corrected chi connectivity index (χ0v) is 17.2. The maximum absolute atomic E-state index is 15.1. The predicted octanol–water partition coefficient (Wildman–Crippen LogP) is 8.02. The van der Waals surface area contributed by atoms with Crippen LogP contribution in [0.1, 0.15) is 48.3 Å². The van der Waals surface area contributed by atoms with Crippen LogP contribution < -0.4 is 0 Å². The molecule has 3 heteroatoms. The molecule has 0 unspecified atom stereocenters. The van der Waals surface area contributed by atoms with Crippen molar-refractivity contribution in [1.82, 2.24) is 0 Å². The Balaban J connectivity index is 1.51. The van der Waals surface area contributed by atoms with Gasteiger partial charge in [0.2, 0.25) is 0 Å². The first-order chi connectivity index (χ1) is 14.0. The number of allylic oxidation sites excluding steroid dienone is 1. The molecule has 0 bridgehead atoms. The van der Waals surface area contributed by atoms with Crippen LogP contribution in [0, 0.1) is 17.6 Å². The van der Waals surface area contributed by atoms with Gasteiger partial charge in [-0.15, -0.1) is 6.58 Å². The van der Waals surface area contributed by atoms with E-state index >= 15 is 4.39 Å². The average Bonchev–Trinajstić information content (AvgIpc) is 2.75. The van der Waals surface area contributed by atoms with Crippen LogP contribution in [0.4, 0.5) is 8.78 Å². The van der Waals surface area contributed by atoms with Crippen molar-refractivity contribution in [2.45, 2.75) is 44.4 Å². The number of hydrogen-bond acceptors (Lipinski definition) is 0. The molecule has 150 valence electrons. The molecule has 0 saturated heterocycles. The van der Waals surface area contributed by atoms with Crippen molar-refractivity contribution in [1.29, 1.82) is 0 Å². The summed E-state index contributed by atoms with van der Waals surface area (Å²) in [5.41, 5.74) is 2.78. The van der Waals surface area contributed by atoms with Crippen molar-refractivity contribution in [2.24, 2.45) is 5.92 Å². The Hall–Kier alpha value is -2.19. The summed E-state index contributed by atoms with van der Waals surface area (Å²) < 4.78 is 28.7. The highest BCUT2D eigenvalue weighted by Gasteiger charge is 2.21. The topological polar surface area (TPSA) is 0 Å². The Kier molecular flexibility index (Phi) is 6.01. The highest BCUT2D eigenvalue weighted by molar-refractivity contribution is 6.30. The molecule has 1 aliphatic carbocycles. The third-order valence-corrected chi connectivity index (χ3v) is 6.61. The molecular weight excluding hydrogens is 386 g/mol. The van der Waals surface area contributed by atoms with Crippen LogP contribution in [-0.4, -0.2) is 0 Å². The highest BCUT2D eigenvalue weighted by Crippen LogP contribution is 2.37. The Labute approximate surface area is 176 Å². The maximum atomic E-state index is 15.1. The van der Waals surface area contributed by atoms with E-state index in [1.54, 1.807) is 12.1 Å². The summed E-state index contributed by atoms with van der Waals surface area (Å²) in [5.74, 6) is 0.593. The lowest BCUT2D eigenvalue weighted by Gasteiger charge is -2.27. The average molecular weight is 411 g/mol. The first kappa shape index (κ1) is 20.1. The third kappa shape index (κ3) is 4.38. The van der Waals surface area contributed by atoms with Crippen molar-refractivity contribution < 1.29 is 8.78 Å². The summed E-state index contributed by atoms with van der Waals surface area (Å²) in [6.45, 7) is 3.92. The molecule has 0 spiro atoms. The Morgan fingerprint density at radius 2 is 1.72 bits per heavy atom. The van der Waals surface area contributed by atoms with Gasteiger partial charge in [-0.3, -0.25) is 0 Å². The van der Waals surface area contributed by atoms with E-state index < -0.39 is 5.82 Å². The predicted molar refractivity (Wildman–Crippen MR) is 118 cm³/mol. The van der Waals surface area contributed by atoms with E-state index in [9.17, 15) is 4.39 Å². The fourth-order valence-electron chi connectivity index (χ4n) is 4.46. The minimum Gasteiger partial charge on any atom is -0.206 e. The van der Waals surface area contributed by atoms with E-state index in [0.717, 1.165) is 10.9 Å². The van der Waals surface area contributed by atoms with Crippen LogP contribution in [-0.2, 0) is 12.8 Å². The van der Waals surface area contributed by atoms with Gasteiger partial charge in [-0.25, -0.2) is 8.78 Å². The van der Waals surface area contributed by atoms with Gasteiger partial charge in [0.1, 0.15) is 11.6 Å².